The van der Waals surface area contributed by atoms with Crippen molar-refractivity contribution < 1.29 is 4.79 Å². The van der Waals surface area contributed by atoms with Crippen LogP contribution in [-0.2, 0) is 4.79 Å². The highest BCUT2D eigenvalue weighted by molar-refractivity contribution is 7.99. The van der Waals surface area contributed by atoms with Crippen LogP contribution in [0.1, 0.15) is 26.2 Å². The van der Waals surface area contributed by atoms with Crippen molar-refractivity contribution in [1.29, 1.82) is 0 Å². The van der Waals surface area contributed by atoms with E-state index in [1.54, 1.807) is 0 Å². The van der Waals surface area contributed by atoms with E-state index >= 15 is 0 Å². The molecular weight excluding hydrogens is 170 g/mol. The molecule has 0 bridgehead atoms. The molecule has 0 spiro atoms. The van der Waals surface area contributed by atoms with E-state index < -0.39 is 0 Å². The molecule has 0 saturated carbocycles. The van der Waals surface area contributed by atoms with E-state index in [-0.39, 0.29) is 5.91 Å². The summed E-state index contributed by atoms with van der Waals surface area (Å²) in [7, 11) is 0. The lowest BCUT2D eigenvalue weighted by molar-refractivity contribution is -0.120. The van der Waals surface area contributed by atoms with E-state index in [4.69, 9.17) is 0 Å². The standard InChI is InChI=1S/C9H17NOS/c1-2-9(11)10-7-8-3-5-12-6-4-8/h8H,2-7H2,1H3,(H,10,11). The highest BCUT2D eigenvalue weighted by Crippen LogP contribution is 2.21. The molecule has 1 heterocycles. The van der Waals surface area contributed by atoms with Crippen molar-refractivity contribution in [1.82, 2.24) is 5.32 Å². The summed E-state index contributed by atoms with van der Waals surface area (Å²) in [5.41, 5.74) is 0. The van der Waals surface area contributed by atoms with Crippen molar-refractivity contribution in [2.75, 3.05) is 18.1 Å². The lowest BCUT2D eigenvalue weighted by atomic mass is 10.0. The van der Waals surface area contributed by atoms with Crippen LogP contribution in [0.25, 0.3) is 0 Å². The number of carbonyl (C=O) groups excluding carboxylic acids is 1. The van der Waals surface area contributed by atoms with Gasteiger partial charge < -0.3 is 5.32 Å². The van der Waals surface area contributed by atoms with Gasteiger partial charge >= 0.3 is 0 Å². The third kappa shape index (κ3) is 3.48. The fourth-order valence-corrected chi connectivity index (χ4v) is 2.54. The van der Waals surface area contributed by atoms with Crippen molar-refractivity contribution >= 4 is 17.7 Å². The van der Waals surface area contributed by atoms with Gasteiger partial charge in [-0.3, -0.25) is 4.79 Å². The van der Waals surface area contributed by atoms with Crippen LogP contribution in [0, 0.1) is 5.92 Å². The molecule has 1 rings (SSSR count). The molecule has 12 heavy (non-hydrogen) atoms. The topological polar surface area (TPSA) is 29.1 Å². The molecule has 0 atom stereocenters. The second kappa shape index (κ2) is 5.46. The first-order valence-electron chi connectivity index (χ1n) is 4.67. The second-order valence-corrected chi connectivity index (χ2v) is 4.44. The monoisotopic (exact) mass is 187 g/mol. The quantitative estimate of drug-likeness (QED) is 0.728. The molecule has 1 fully saturated rings. The van der Waals surface area contributed by atoms with Crippen molar-refractivity contribution in [3.8, 4) is 0 Å². The van der Waals surface area contributed by atoms with Crippen LogP contribution in [0.5, 0.6) is 0 Å². The van der Waals surface area contributed by atoms with Crippen LogP contribution in [0.2, 0.25) is 0 Å². The zero-order valence-corrected chi connectivity index (χ0v) is 8.45. The maximum Gasteiger partial charge on any atom is 0.219 e. The minimum absolute atomic E-state index is 0.188. The van der Waals surface area contributed by atoms with E-state index in [0.717, 1.165) is 12.5 Å². The third-order valence-corrected chi connectivity index (χ3v) is 3.30. The van der Waals surface area contributed by atoms with E-state index in [9.17, 15) is 4.79 Å². The first-order valence-corrected chi connectivity index (χ1v) is 5.83. The molecule has 1 amide bonds. The van der Waals surface area contributed by atoms with Gasteiger partial charge in [-0.1, -0.05) is 6.92 Å². The first kappa shape index (κ1) is 9.90. The van der Waals surface area contributed by atoms with Crippen LogP contribution >= 0.6 is 11.8 Å². The van der Waals surface area contributed by atoms with Gasteiger partial charge in [-0.25, -0.2) is 0 Å². The molecule has 2 nitrogen and oxygen atoms in total. The summed E-state index contributed by atoms with van der Waals surface area (Å²) in [6.45, 7) is 2.79. The summed E-state index contributed by atoms with van der Waals surface area (Å²) < 4.78 is 0. The predicted octanol–water partition coefficient (Wildman–Crippen LogP) is 1.66. The fourth-order valence-electron chi connectivity index (χ4n) is 1.33. The normalized spacial score (nSPS) is 19.1. The number of hydrogen-bond donors (Lipinski definition) is 1. The molecule has 0 unspecified atom stereocenters. The molecule has 70 valence electrons. The van der Waals surface area contributed by atoms with Crippen molar-refractivity contribution in [2.45, 2.75) is 26.2 Å². The predicted molar refractivity (Wildman–Crippen MR) is 53.3 cm³/mol. The van der Waals surface area contributed by atoms with E-state index in [2.05, 4.69) is 5.32 Å². The van der Waals surface area contributed by atoms with Crippen molar-refractivity contribution in [3.63, 3.8) is 0 Å². The number of nitrogens with one attached hydrogen (secondary N) is 1. The van der Waals surface area contributed by atoms with Crippen LogP contribution < -0.4 is 5.32 Å². The molecular formula is C9H17NOS. The lowest BCUT2D eigenvalue weighted by Gasteiger charge is -2.21. The molecule has 1 aliphatic rings. The molecule has 1 saturated heterocycles. The molecule has 0 aromatic carbocycles. The Morgan fingerprint density at radius 3 is 2.75 bits per heavy atom. The Balaban J connectivity index is 2.09. The summed E-state index contributed by atoms with van der Waals surface area (Å²) in [4.78, 5) is 10.9. The van der Waals surface area contributed by atoms with Gasteiger partial charge in [0.05, 0.1) is 0 Å². The van der Waals surface area contributed by atoms with Crippen molar-refractivity contribution in [2.24, 2.45) is 5.92 Å². The number of rotatable bonds is 3. The van der Waals surface area contributed by atoms with Gasteiger partial charge in [-0.15, -0.1) is 0 Å². The average Bonchev–Trinajstić information content (AvgIpc) is 2.16. The van der Waals surface area contributed by atoms with Gasteiger partial charge in [0.2, 0.25) is 5.91 Å². The van der Waals surface area contributed by atoms with Gasteiger partial charge in [-0.05, 0) is 30.3 Å². The fraction of sp³-hybridized carbons (Fsp3) is 0.889. The molecule has 1 aliphatic heterocycles. The largest absolute Gasteiger partial charge is 0.356 e. The van der Waals surface area contributed by atoms with Gasteiger partial charge in [-0.2, -0.15) is 11.8 Å². The Morgan fingerprint density at radius 1 is 1.50 bits per heavy atom. The maximum absolute atomic E-state index is 10.9. The van der Waals surface area contributed by atoms with Crippen LogP contribution in [-0.4, -0.2) is 24.0 Å². The van der Waals surface area contributed by atoms with Gasteiger partial charge in [0.15, 0.2) is 0 Å². The van der Waals surface area contributed by atoms with E-state index in [1.807, 2.05) is 18.7 Å². The van der Waals surface area contributed by atoms with Crippen molar-refractivity contribution in [3.05, 3.63) is 0 Å². The summed E-state index contributed by atoms with van der Waals surface area (Å²) in [5.74, 6) is 3.47. The molecule has 1 N–H and O–H groups in total. The summed E-state index contributed by atoms with van der Waals surface area (Å²) in [6, 6.07) is 0. The molecule has 0 aromatic rings. The first-order chi connectivity index (χ1) is 5.83. The van der Waals surface area contributed by atoms with E-state index in [1.165, 1.54) is 24.3 Å². The zero-order valence-electron chi connectivity index (χ0n) is 7.64. The van der Waals surface area contributed by atoms with Crippen LogP contribution in [0.4, 0.5) is 0 Å². The molecule has 0 aromatic heterocycles. The Morgan fingerprint density at radius 2 is 2.17 bits per heavy atom. The highest BCUT2D eigenvalue weighted by Gasteiger charge is 2.13. The minimum Gasteiger partial charge on any atom is -0.356 e. The minimum atomic E-state index is 0.188. The molecule has 0 aliphatic carbocycles. The average molecular weight is 187 g/mol. The zero-order chi connectivity index (χ0) is 8.81. The smallest absolute Gasteiger partial charge is 0.219 e. The molecule has 3 heteroatoms. The third-order valence-electron chi connectivity index (χ3n) is 2.25. The Kier molecular flexibility index (Phi) is 4.51. The SMILES string of the molecule is CCC(=O)NCC1CCSCC1. The Hall–Kier alpha value is -0.180. The van der Waals surface area contributed by atoms with Crippen LogP contribution in [0.15, 0.2) is 0 Å². The van der Waals surface area contributed by atoms with Gasteiger partial charge in [0, 0.05) is 13.0 Å². The Bertz CT molecular complexity index is 143. The number of thioether (sulfide) groups is 1. The van der Waals surface area contributed by atoms with Gasteiger partial charge in [0.25, 0.3) is 0 Å². The summed E-state index contributed by atoms with van der Waals surface area (Å²) >= 11 is 2.03. The molecule has 0 radical (unpaired) electrons. The Labute approximate surface area is 78.5 Å². The summed E-state index contributed by atoms with van der Waals surface area (Å²) in [6.07, 6.45) is 3.16. The lowest BCUT2D eigenvalue weighted by Crippen LogP contribution is -2.30. The number of hydrogen-bond acceptors (Lipinski definition) is 2. The van der Waals surface area contributed by atoms with Gasteiger partial charge in [0.1, 0.15) is 0 Å². The number of amides is 1. The second-order valence-electron chi connectivity index (χ2n) is 3.21. The maximum atomic E-state index is 10.9. The number of carbonyl (C=O) groups is 1. The highest BCUT2D eigenvalue weighted by atomic mass is 32.2. The van der Waals surface area contributed by atoms with E-state index in [0.29, 0.717) is 6.42 Å². The summed E-state index contributed by atoms with van der Waals surface area (Å²) in [5, 5.41) is 2.95. The van der Waals surface area contributed by atoms with Crippen LogP contribution in [0.3, 0.4) is 0 Å².